The molecular weight excluding hydrogens is 292 g/mol. The van der Waals surface area contributed by atoms with Crippen LogP contribution >= 0.6 is 0 Å². The molecular formula is C18H24N2O3. The van der Waals surface area contributed by atoms with Gasteiger partial charge in [0.05, 0.1) is 13.0 Å². The fourth-order valence-corrected chi connectivity index (χ4v) is 3.74. The van der Waals surface area contributed by atoms with E-state index in [1.165, 1.54) is 0 Å². The summed E-state index contributed by atoms with van der Waals surface area (Å²) in [6.45, 7) is 3.98. The van der Waals surface area contributed by atoms with Crippen molar-refractivity contribution in [3.8, 4) is 5.75 Å². The van der Waals surface area contributed by atoms with Gasteiger partial charge in [-0.25, -0.2) is 0 Å². The average Bonchev–Trinajstić information content (AvgIpc) is 2.97. The molecule has 2 aliphatic heterocycles. The van der Waals surface area contributed by atoms with Gasteiger partial charge in [-0.1, -0.05) is 12.1 Å². The van der Waals surface area contributed by atoms with Gasteiger partial charge < -0.3 is 15.0 Å². The largest absolute Gasteiger partial charge is 0.494 e. The summed E-state index contributed by atoms with van der Waals surface area (Å²) in [6, 6.07) is 7.62. The number of hydrogen-bond donors (Lipinski definition) is 1. The van der Waals surface area contributed by atoms with Crippen molar-refractivity contribution < 1.29 is 14.3 Å². The molecule has 5 nitrogen and oxygen atoms in total. The molecule has 23 heavy (non-hydrogen) atoms. The zero-order valence-electron chi connectivity index (χ0n) is 13.6. The highest BCUT2D eigenvalue weighted by Crippen LogP contribution is 2.36. The SMILES string of the molecule is CCOc1ccc(CC(=O)N2CCCC23CCCNC3=O)cc1. The number of rotatable bonds is 4. The summed E-state index contributed by atoms with van der Waals surface area (Å²) in [5.74, 6) is 0.887. The molecule has 3 rings (SSSR count). The van der Waals surface area contributed by atoms with Crippen molar-refractivity contribution in [2.24, 2.45) is 0 Å². The van der Waals surface area contributed by atoms with E-state index in [0.29, 0.717) is 19.6 Å². The Hall–Kier alpha value is -2.04. The molecule has 1 atom stereocenters. The van der Waals surface area contributed by atoms with E-state index in [1.54, 1.807) is 0 Å². The highest BCUT2D eigenvalue weighted by Gasteiger charge is 2.50. The molecule has 0 saturated carbocycles. The lowest BCUT2D eigenvalue weighted by Crippen LogP contribution is -2.60. The molecule has 1 unspecified atom stereocenters. The molecule has 2 saturated heterocycles. The maximum Gasteiger partial charge on any atom is 0.245 e. The Morgan fingerprint density at radius 2 is 2.00 bits per heavy atom. The van der Waals surface area contributed by atoms with Crippen molar-refractivity contribution in [3.63, 3.8) is 0 Å². The van der Waals surface area contributed by atoms with Crippen molar-refractivity contribution in [1.82, 2.24) is 10.2 Å². The Morgan fingerprint density at radius 3 is 2.70 bits per heavy atom. The monoisotopic (exact) mass is 316 g/mol. The number of nitrogens with one attached hydrogen (secondary N) is 1. The predicted octanol–water partition coefficient (Wildman–Crippen LogP) is 1.90. The zero-order valence-corrected chi connectivity index (χ0v) is 13.6. The topological polar surface area (TPSA) is 58.6 Å². The third-order valence-electron chi connectivity index (χ3n) is 4.85. The van der Waals surface area contributed by atoms with Crippen LogP contribution < -0.4 is 10.1 Å². The summed E-state index contributed by atoms with van der Waals surface area (Å²) in [7, 11) is 0. The summed E-state index contributed by atoms with van der Waals surface area (Å²) in [4.78, 5) is 27.0. The number of ether oxygens (including phenoxy) is 1. The van der Waals surface area contributed by atoms with Crippen molar-refractivity contribution in [2.45, 2.75) is 44.6 Å². The minimum atomic E-state index is -0.597. The van der Waals surface area contributed by atoms with Gasteiger partial charge in [0.25, 0.3) is 0 Å². The molecule has 2 amide bonds. The summed E-state index contributed by atoms with van der Waals surface area (Å²) in [5, 5.41) is 2.94. The van der Waals surface area contributed by atoms with Crippen LogP contribution in [0.4, 0.5) is 0 Å². The molecule has 1 aromatic rings. The number of nitrogens with zero attached hydrogens (tertiary/aromatic N) is 1. The van der Waals surface area contributed by atoms with Crippen molar-refractivity contribution in [3.05, 3.63) is 29.8 Å². The first kappa shape index (κ1) is 15.8. The predicted molar refractivity (Wildman–Crippen MR) is 87.2 cm³/mol. The summed E-state index contributed by atoms with van der Waals surface area (Å²) < 4.78 is 5.42. The molecule has 0 aromatic heterocycles. The van der Waals surface area contributed by atoms with Gasteiger partial charge >= 0.3 is 0 Å². The second kappa shape index (κ2) is 6.60. The Morgan fingerprint density at radius 1 is 1.26 bits per heavy atom. The van der Waals surface area contributed by atoms with E-state index in [1.807, 2.05) is 36.1 Å². The van der Waals surface area contributed by atoms with Crippen LogP contribution in [0.25, 0.3) is 0 Å². The van der Waals surface area contributed by atoms with Crippen LogP contribution in [0.2, 0.25) is 0 Å². The quantitative estimate of drug-likeness (QED) is 0.923. The van der Waals surface area contributed by atoms with Gasteiger partial charge in [0, 0.05) is 13.1 Å². The zero-order chi connectivity index (χ0) is 16.3. The molecule has 1 aromatic carbocycles. The highest BCUT2D eigenvalue weighted by atomic mass is 16.5. The Balaban J connectivity index is 1.70. The maximum absolute atomic E-state index is 12.8. The van der Waals surface area contributed by atoms with Gasteiger partial charge in [-0.3, -0.25) is 9.59 Å². The number of piperidine rings is 1. The van der Waals surface area contributed by atoms with Crippen molar-refractivity contribution in [2.75, 3.05) is 19.7 Å². The van der Waals surface area contributed by atoms with Crippen LogP contribution in [0.3, 0.4) is 0 Å². The fourth-order valence-electron chi connectivity index (χ4n) is 3.74. The minimum absolute atomic E-state index is 0.0290. The molecule has 5 heteroatoms. The number of carbonyl (C=O) groups excluding carboxylic acids is 2. The normalized spacial score (nSPS) is 23.9. The van der Waals surface area contributed by atoms with Gasteiger partial charge in [-0.15, -0.1) is 0 Å². The van der Waals surface area contributed by atoms with E-state index in [4.69, 9.17) is 4.74 Å². The van der Waals surface area contributed by atoms with Crippen LogP contribution in [0.1, 0.15) is 38.2 Å². The third kappa shape index (κ3) is 3.05. The summed E-state index contributed by atoms with van der Waals surface area (Å²) in [6.07, 6.45) is 3.75. The smallest absolute Gasteiger partial charge is 0.245 e. The van der Waals surface area contributed by atoms with E-state index in [9.17, 15) is 9.59 Å². The lowest BCUT2D eigenvalue weighted by atomic mass is 9.86. The van der Waals surface area contributed by atoms with E-state index in [-0.39, 0.29) is 11.8 Å². The molecule has 0 radical (unpaired) electrons. The minimum Gasteiger partial charge on any atom is -0.494 e. The van der Waals surface area contributed by atoms with Gasteiger partial charge in [0.2, 0.25) is 11.8 Å². The van der Waals surface area contributed by atoms with Crippen LogP contribution in [-0.4, -0.2) is 41.9 Å². The van der Waals surface area contributed by atoms with Gasteiger partial charge in [-0.2, -0.15) is 0 Å². The van der Waals surface area contributed by atoms with Crippen molar-refractivity contribution >= 4 is 11.8 Å². The Kier molecular flexibility index (Phi) is 4.55. The van der Waals surface area contributed by atoms with Gasteiger partial charge in [0.15, 0.2) is 0 Å². The molecule has 1 N–H and O–H groups in total. The number of amides is 2. The standard InChI is InChI=1S/C18H24N2O3/c1-2-23-15-7-5-14(6-8-15)13-16(21)20-12-4-10-18(20)9-3-11-19-17(18)22/h5-8H,2-4,9-13H2,1H3,(H,19,22). The molecule has 2 fully saturated rings. The number of likely N-dealkylation sites (tertiary alicyclic amines) is 1. The first-order chi connectivity index (χ1) is 11.2. The number of carbonyl (C=O) groups is 2. The Bertz CT molecular complexity index is 584. The number of benzene rings is 1. The fraction of sp³-hybridized carbons (Fsp3) is 0.556. The summed E-state index contributed by atoms with van der Waals surface area (Å²) in [5.41, 5.74) is 0.359. The molecule has 1 spiro atoms. The highest BCUT2D eigenvalue weighted by molar-refractivity contribution is 5.93. The van der Waals surface area contributed by atoms with Crippen molar-refractivity contribution in [1.29, 1.82) is 0 Å². The van der Waals surface area contributed by atoms with Crippen LogP contribution in [0, 0.1) is 0 Å². The van der Waals surface area contributed by atoms with E-state index < -0.39 is 5.54 Å². The molecule has 0 aliphatic carbocycles. The molecule has 2 aliphatic rings. The molecule has 0 bridgehead atoms. The third-order valence-corrected chi connectivity index (χ3v) is 4.85. The van der Waals surface area contributed by atoms with Gasteiger partial charge in [0.1, 0.15) is 11.3 Å². The van der Waals surface area contributed by atoms with E-state index >= 15 is 0 Å². The summed E-state index contributed by atoms with van der Waals surface area (Å²) >= 11 is 0. The maximum atomic E-state index is 12.8. The molecule has 2 heterocycles. The van der Waals surface area contributed by atoms with Crippen LogP contribution in [-0.2, 0) is 16.0 Å². The second-order valence-corrected chi connectivity index (χ2v) is 6.29. The lowest BCUT2D eigenvalue weighted by molar-refractivity contribution is -0.146. The first-order valence-corrected chi connectivity index (χ1v) is 8.46. The first-order valence-electron chi connectivity index (χ1n) is 8.46. The van der Waals surface area contributed by atoms with E-state index in [0.717, 1.165) is 43.5 Å². The second-order valence-electron chi connectivity index (χ2n) is 6.29. The van der Waals surface area contributed by atoms with E-state index in [2.05, 4.69) is 5.32 Å². The average molecular weight is 316 g/mol. The lowest BCUT2D eigenvalue weighted by Gasteiger charge is -2.40. The van der Waals surface area contributed by atoms with Crippen LogP contribution in [0.15, 0.2) is 24.3 Å². The molecule has 124 valence electrons. The van der Waals surface area contributed by atoms with Crippen LogP contribution in [0.5, 0.6) is 5.75 Å². The number of hydrogen-bond acceptors (Lipinski definition) is 3. The Labute approximate surface area is 137 Å². The van der Waals surface area contributed by atoms with Gasteiger partial charge in [-0.05, 0) is 50.3 Å².